The molecule has 1 aromatic heterocycles. The number of nitrogens with one attached hydrogen (secondary N) is 2. The van der Waals surface area contributed by atoms with Crippen molar-refractivity contribution in [2.75, 3.05) is 10.0 Å². The predicted molar refractivity (Wildman–Crippen MR) is 112 cm³/mol. The predicted octanol–water partition coefficient (Wildman–Crippen LogP) is 4.72. The largest absolute Gasteiger partial charge is 0.491 e. The molecule has 0 unspecified atom stereocenters. The van der Waals surface area contributed by atoms with Crippen LogP contribution < -0.4 is 14.8 Å². The number of nitrogens with zero attached hydrogens (tertiary/aromatic N) is 1. The summed E-state index contributed by atoms with van der Waals surface area (Å²) in [7, 11) is -3.64. The fourth-order valence-corrected chi connectivity index (χ4v) is 3.54. The molecule has 0 bridgehead atoms. The summed E-state index contributed by atoms with van der Waals surface area (Å²) < 4.78 is 33.0. The smallest absolute Gasteiger partial charge is 0.261 e. The highest BCUT2D eigenvalue weighted by Crippen LogP contribution is 2.21. The van der Waals surface area contributed by atoms with Crippen molar-refractivity contribution in [3.63, 3.8) is 0 Å². The molecule has 0 spiro atoms. The van der Waals surface area contributed by atoms with Gasteiger partial charge in [-0.1, -0.05) is 17.7 Å². The molecule has 0 fully saturated rings. The Kier molecular flexibility index (Phi) is 5.84. The van der Waals surface area contributed by atoms with Crippen LogP contribution in [0.2, 0.25) is 0 Å². The minimum Gasteiger partial charge on any atom is -0.491 e. The number of hydrogen-bond acceptors (Lipinski definition) is 5. The number of ether oxygens (including phenoxy) is 1. The zero-order valence-electron chi connectivity index (χ0n) is 16.0. The van der Waals surface area contributed by atoms with Gasteiger partial charge >= 0.3 is 0 Å². The summed E-state index contributed by atoms with van der Waals surface area (Å²) in [6.45, 7) is 5.86. The first-order chi connectivity index (χ1) is 13.3. The Bertz CT molecular complexity index is 1010. The van der Waals surface area contributed by atoms with Gasteiger partial charge in [-0.25, -0.2) is 13.4 Å². The molecule has 28 heavy (non-hydrogen) atoms. The minimum atomic E-state index is -3.64. The lowest BCUT2D eigenvalue weighted by atomic mass is 10.2. The molecule has 6 nitrogen and oxygen atoms in total. The van der Waals surface area contributed by atoms with Crippen molar-refractivity contribution in [3.8, 4) is 5.75 Å². The molecule has 3 rings (SSSR count). The lowest BCUT2D eigenvalue weighted by molar-refractivity contribution is 0.242. The number of aryl methyl sites for hydroxylation is 1. The number of hydrogen-bond donors (Lipinski definition) is 2. The summed E-state index contributed by atoms with van der Waals surface area (Å²) in [5, 5.41) is 3.17. The topological polar surface area (TPSA) is 80.3 Å². The lowest BCUT2D eigenvalue weighted by Gasteiger charge is -2.11. The first kappa shape index (κ1) is 19.7. The third-order valence-corrected chi connectivity index (χ3v) is 5.24. The lowest BCUT2D eigenvalue weighted by Crippen LogP contribution is -2.13. The van der Waals surface area contributed by atoms with Gasteiger partial charge in [-0.05, 0) is 69.3 Å². The molecule has 0 saturated carbocycles. The molecule has 0 aliphatic carbocycles. The van der Waals surface area contributed by atoms with Gasteiger partial charge in [0, 0.05) is 5.69 Å². The van der Waals surface area contributed by atoms with Crippen LogP contribution in [0.4, 0.5) is 17.2 Å². The normalized spacial score (nSPS) is 11.3. The maximum Gasteiger partial charge on any atom is 0.261 e. The molecule has 0 aliphatic rings. The maximum absolute atomic E-state index is 12.4. The Hall–Kier alpha value is -3.06. The van der Waals surface area contributed by atoms with E-state index in [2.05, 4.69) is 15.0 Å². The average Bonchev–Trinajstić information content (AvgIpc) is 2.65. The van der Waals surface area contributed by atoms with Gasteiger partial charge in [-0.15, -0.1) is 0 Å². The molecular formula is C21H23N3O3S. The number of aromatic nitrogens is 1. The molecule has 7 heteroatoms. The van der Waals surface area contributed by atoms with Gasteiger partial charge in [0.2, 0.25) is 0 Å². The van der Waals surface area contributed by atoms with Crippen molar-refractivity contribution in [3.05, 3.63) is 72.4 Å². The van der Waals surface area contributed by atoms with Crippen molar-refractivity contribution in [2.45, 2.75) is 31.8 Å². The number of benzene rings is 2. The second kappa shape index (κ2) is 8.31. The molecule has 1 heterocycles. The van der Waals surface area contributed by atoms with E-state index in [1.807, 2.05) is 45.0 Å². The van der Waals surface area contributed by atoms with Crippen LogP contribution in [0.5, 0.6) is 5.75 Å². The monoisotopic (exact) mass is 397 g/mol. The van der Waals surface area contributed by atoms with Gasteiger partial charge in [0.15, 0.2) is 0 Å². The van der Waals surface area contributed by atoms with Crippen LogP contribution in [0.1, 0.15) is 19.4 Å². The molecule has 2 aromatic carbocycles. The van der Waals surface area contributed by atoms with E-state index in [0.29, 0.717) is 11.5 Å². The number of sulfonamides is 1. The summed E-state index contributed by atoms with van der Waals surface area (Å²) in [6.07, 6.45) is 1.60. The highest BCUT2D eigenvalue weighted by molar-refractivity contribution is 7.92. The van der Waals surface area contributed by atoms with Crippen molar-refractivity contribution in [1.29, 1.82) is 0 Å². The Morgan fingerprint density at radius 1 is 0.893 bits per heavy atom. The van der Waals surface area contributed by atoms with Crippen LogP contribution in [0.3, 0.4) is 0 Å². The van der Waals surface area contributed by atoms with E-state index in [4.69, 9.17) is 4.74 Å². The molecule has 0 atom stereocenters. The van der Waals surface area contributed by atoms with E-state index in [0.717, 1.165) is 17.0 Å². The van der Waals surface area contributed by atoms with Crippen molar-refractivity contribution >= 4 is 27.2 Å². The molecule has 0 aliphatic heterocycles. The zero-order valence-corrected chi connectivity index (χ0v) is 16.8. The van der Waals surface area contributed by atoms with Gasteiger partial charge in [-0.3, -0.25) is 4.72 Å². The second-order valence-corrected chi connectivity index (χ2v) is 8.35. The molecule has 0 amide bonds. The van der Waals surface area contributed by atoms with Gasteiger partial charge < -0.3 is 10.1 Å². The number of anilines is 3. The van der Waals surface area contributed by atoms with Crippen LogP contribution in [-0.4, -0.2) is 19.5 Å². The molecule has 0 saturated heterocycles. The molecule has 146 valence electrons. The van der Waals surface area contributed by atoms with Gasteiger partial charge in [0.25, 0.3) is 10.0 Å². The van der Waals surface area contributed by atoms with E-state index in [1.165, 1.54) is 6.20 Å². The van der Waals surface area contributed by atoms with Crippen molar-refractivity contribution in [2.24, 2.45) is 0 Å². The standard InChI is InChI=1S/C21H23N3O3S/c1-15(2)27-19-9-6-17(7-10-19)23-21-13-8-18(14-22-21)24-28(25,26)20-11-4-16(3)5-12-20/h4-15,24H,1-3H3,(H,22,23). The summed E-state index contributed by atoms with van der Waals surface area (Å²) in [4.78, 5) is 4.48. The average molecular weight is 398 g/mol. The van der Waals surface area contributed by atoms with Crippen LogP contribution in [-0.2, 0) is 10.0 Å². The third kappa shape index (κ3) is 5.23. The highest BCUT2D eigenvalue weighted by atomic mass is 32.2. The molecule has 3 aromatic rings. The Balaban J connectivity index is 1.65. The first-order valence-electron chi connectivity index (χ1n) is 8.91. The number of rotatable bonds is 7. The zero-order chi connectivity index (χ0) is 20.1. The van der Waals surface area contributed by atoms with E-state index in [9.17, 15) is 8.42 Å². The van der Waals surface area contributed by atoms with Crippen molar-refractivity contribution < 1.29 is 13.2 Å². The van der Waals surface area contributed by atoms with Crippen molar-refractivity contribution in [1.82, 2.24) is 4.98 Å². The summed E-state index contributed by atoms with van der Waals surface area (Å²) >= 11 is 0. The minimum absolute atomic E-state index is 0.122. The van der Waals surface area contributed by atoms with Gasteiger partial charge in [-0.2, -0.15) is 0 Å². The Labute approximate surface area is 165 Å². The number of pyridine rings is 1. The van der Waals surface area contributed by atoms with Crippen LogP contribution in [0, 0.1) is 6.92 Å². The van der Waals surface area contributed by atoms with Crippen LogP contribution in [0.15, 0.2) is 71.8 Å². The second-order valence-electron chi connectivity index (χ2n) is 6.67. The summed E-state index contributed by atoms with van der Waals surface area (Å²) in [5.74, 6) is 1.41. The molecule has 2 N–H and O–H groups in total. The van der Waals surface area contributed by atoms with Crippen LogP contribution in [0.25, 0.3) is 0 Å². The summed E-state index contributed by atoms with van der Waals surface area (Å²) in [6, 6.07) is 17.6. The Morgan fingerprint density at radius 2 is 1.54 bits per heavy atom. The van der Waals surface area contributed by atoms with E-state index in [1.54, 1.807) is 36.4 Å². The fourth-order valence-electron chi connectivity index (χ4n) is 2.50. The first-order valence-corrected chi connectivity index (χ1v) is 10.4. The fraction of sp³-hybridized carbons (Fsp3) is 0.190. The molecular weight excluding hydrogens is 374 g/mol. The summed E-state index contributed by atoms with van der Waals surface area (Å²) in [5.41, 5.74) is 2.25. The van der Waals surface area contributed by atoms with E-state index in [-0.39, 0.29) is 11.0 Å². The SMILES string of the molecule is Cc1ccc(S(=O)(=O)Nc2ccc(Nc3ccc(OC(C)C)cc3)nc2)cc1. The third-order valence-electron chi connectivity index (χ3n) is 3.85. The highest BCUT2D eigenvalue weighted by Gasteiger charge is 2.14. The quantitative estimate of drug-likeness (QED) is 0.603. The van der Waals surface area contributed by atoms with Gasteiger partial charge in [0.1, 0.15) is 11.6 Å². The van der Waals surface area contributed by atoms with Gasteiger partial charge in [0.05, 0.1) is 22.9 Å². The van der Waals surface area contributed by atoms with Crippen LogP contribution >= 0.6 is 0 Å². The maximum atomic E-state index is 12.4. The van der Waals surface area contributed by atoms with E-state index < -0.39 is 10.0 Å². The molecule has 0 radical (unpaired) electrons. The van der Waals surface area contributed by atoms with E-state index >= 15 is 0 Å². The Morgan fingerprint density at radius 3 is 2.11 bits per heavy atom.